The monoisotopic (exact) mass is 362 g/mol. The number of rotatable bonds is 2. The highest BCUT2D eigenvalue weighted by Crippen LogP contribution is 2.68. The van der Waals surface area contributed by atoms with Crippen molar-refractivity contribution in [1.29, 1.82) is 0 Å². The van der Waals surface area contributed by atoms with Crippen molar-refractivity contribution in [3.63, 3.8) is 0 Å². The highest BCUT2D eigenvalue weighted by molar-refractivity contribution is 5.26. The van der Waals surface area contributed by atoms with Crippen LogP contribution in [0.15, 0.2) is 11.6 Å². The minimum atomic E-state index is -0.825. The summed E-state index contributed by atoms with van der Waals surface area (Å²) in [5.41, 5.74) is 0.110. The van der Waals surface area contributed by atoms with E-state index in [0.29, 0.717) is 24.2 Å². The van der Waals surface area contributed by atoms with E-state index in [9.17, 15) is 15.3 Å². The molecule has 0 bridgehead atoms. The molecule has 4 aliphatic rings. The molecule has 4 aliphatic carbocycles. The second-order valence-corrected chi connectivity index (χ2v) is 11.2. The van der Waals surface area contributed by atoms with Crippen LogP contribution in [-0.4, -0.2) is 32.6 Å². The number of allylic oxidation sites excluding steroid dienone is 1. The Kier molecular flexibility index (Phi) is 4.24. The lowest BCUT2D eigenvalue weighted by atomic mass is 9.46. The molecule has 0 aromatic carbocycles. The Hall–Kier alpha value is -0.380. The molecule has 3 nitrogen and oxygen atoms in total. The Morgan fingerprint density at radius 2 is 1.77 bits per heavy atom. The molecule has 0 spiro atoms. The van der Waals surface area contributed by atoms with E-state index in [-0.39, 0.29) is 16.9 Å². The average Bonchev–Trinajstić information content (AvgIpc) is 2.77. The van der Waals surface area contributed by atoms with Crippen molar-refractivity contribution in [1.82, 2.24) is 0 Å². The van der Waals surface area contributed by atoms with Crippen molar-refractivity contribution in [3.8, 4) is 0 Å². The zero-order valence-electron chi connectivity index (χ0n) is 17.1. The van der Waals surface area contributed by atoms with Crippen molar-refractivity contribution in [2.24, 2.45) is 28.6 Å². The van der Waals surface area contributed by atoms with Crippen molar-refractivity contribution >= 4 is 0 Å². The third-order valence-corrected chi connectivity index (χ3v) is 9.12. The predicted molar refractivity (Wildman–Crippen MR) is 104 cm³/mol. The number of fused-ring (bicyclic) bond motifs is 5. The summed E-state index contributed by atoms with van der Waals surface area (Å²) in [6.07, 6.45) is 11.0. The third-order valence-electron chi connectivity index (χ3n) is 9.12. The first-order chi connectivity index (χ1) is 12.0. The van der Waals surface area contributed by atoms with E-state index < -0.39 is 11.2 Å². The van der Waals surface area contributed by atoms with Gasteiger partial charge in [-0.1, -0.05) is 25.5 Å². The molecule has 0 unspecified atom stereocenters. The second kappa shape index (κ2) is 5.81. The summed E-state index contributed by atoms with van der Waals surface area (Å²) in [5, 5.41) is 32.1. The Bertz CT molecular complexity index is 605. The summed E-state index contributed by atoms with van der Waals surface area (Å²) in [6, 6.07) is 0. The third kappa shape index (κ3) is 2.64. The van der Waals surface area contributed by atoms with E-state index in [4.69, 9.17) is 0 Å². The summed E-state index contributed by atoms with van der Waals surface area (Å²) in [7, 11) is 0. The molecule has 0 amide bonds. The normalized spacial score (nSPS) is 51.3. The molecule has 7 atom stereocenters. The van der Waals surface area contributed by atoms with Gasteiger partial charge in [0.05, 0.1) is 17.3 Å². The Morgan fingerprint density at radius 3 is 2.46 bits per heavy atom. The van der Waals surface area contributed by atoms with E-state index >= 15 is 0 Å². The maximum Gasteiger partial charge on any atom is 0.0731 e. The van der Waals surface area contributed by atoms with Crippen molar-refractivity contribution in [3.05, 3.63) is 11.6 Å². The number of aliphatic hydroxyl groups excluding tert-OH is 1. The molecule has 148 valence electrons. The van der Waals surface area contributed by atoms with Crippen LogP contribution in [-0.2, 0) is 0 Å². The molecular weight excluding hydrogens is 324 g/mol. The van der Waals surface area contributed by atoms with Crippen LogP contribution in [0.3, 0.4) is 0 Å². The second-order valence-electron chi connectivity index (χ2n) is 11.2. The van der Waals surface area contributed by atoms with Gasteiger partial charge in [0.2, 0.25) is 0 Å². The van der Waals surface area contributed by atoms with Gasteiger partial charge in [-0.2, -0.15) is 0 Å². The van der Waals surface area contributed by atoms with Crippen LogP contribution in [0, 0.1) is 28.6 Å². The van der Waals surface area contributed by atoms with Crippen LogP contribution in [0.1, 0.15) is 85.5 Å². The fourth-order valence-electron chi connectivity index (χ4n) is 7.76. The predicted octanol–water partition coefficient (Wildman–Crippen LogP) is 4.20. The molecule has 3 heteroatoms. The quantitative estimate of drug-likeness (QED) is 0.645. The molecule has 3 fully saturated rings. The Labute approximate surface area is 158 Å². The lowest BCUT2D eigenvalue weighted by molar-refractivity contribution is -0.150. The summed E-state index contributed by atoms with van der Waals surface area (Å²) < 4.78 is 0. The molecule has 0 aromatic rings. The van der Waals surface area contributed by atoms with Crippen LogP contribution in [0.4, 0.5) is 0 Å². The number of hydrogen-bond donors (Lipinski definition) is 3. The van der Waals surface area contributed by atoms with Crippen LogP contribution in [0.2, 0.25) is 0 Å². The largest absolute Gasteiger partial charge is 0.393 e. The van der Waals surface area contributed by atoms with Gasteiger partial charge in [0, 0.05) is 6.42 Å². The summed E-state index contributed by atoms with van der Waals surface area (Å²) in [6.45, 7) is 8.41. The van der Waals surface area contributed by atoms with Crippen LogP contribution < -0.4 is 0 Å². The first-order valence-corrected chi connectivity index (χ1v) is 10.8. The topological polar surface area (TPSA) is 60.7 Å². The van der Waals surface area contributed by atoms with Gasteiger partial charge in [0.15, 0.2) is 0 Å². The van der Waals surface area contributed by atoms with Crippen LogP contribution in [0.25, 0.3) is 0 Å². The van der Waals surface area contributed by atoms with Crippen molar-refractivity contribution < 1.29 is 15.3 Å². The van der Waals surface area contributed by atoms with Gasteiger partial charge in [-0.05, 0) is 93.8 Å². The molecule has 0 aliphatic heterocycles. The van der Waals surface area contributed by atoms with Crippen molar-refractivity contribution in [2.45, 2.75) is 103 Å². The average molecular weight is 363 g/mol. The van der Waals surface area contributed by atoms with Gasteiger partial charge in [0.25, 0.3) is 0 Å². The smallest absolute Gasteiger partial charge is 0.0731 e. The van der Waals surface area contributed by atoms with Crippen LogP contribution >= 0.6 is 0 Å². The number of aliphatic hydroxyl groups is 3. The highest BCUT2D eigenvalue weighted by Gasteiger charge is 2.64. The molecule has 0 radical (unpaired) electrons. The molecule has 0 heterocycles. The molecule has 26 heavy (non-hydrogen) atoms. The standard InChI is InChI=1S/C23H38O3/c1-20(2,25)14-23(26)12-9-19-17-6-5-15-13-16(24)7-10-21(15,3)18(17)8-11-22(19,23)4/h5,16-19,24-26H,6-14H2,1-4H3/t16-,17-,18+,19+,21-,22-,23+/m0/s1. The van der Waals surface area contributed by atoms with Gasteiger partial charge in [-0.3, -0.25) is 0 Å². The highest BCUT2D eigenvalue weighted by atomic mass is 16.3. The lowest BCUT2D eigenvalue weighted by Crippen LogP contribution is -2.56. The van der Waals surface area contributed by atoms with Gasteiger partial charge in [0.1, 0.15) is 0 Å². The van der Waals surface area contributed by atoms with Gasteiger partial charge < -0.3 is 15.3 Å². The van der Waals surface area contributed by atoms with E-state index in [1.807, 2.05) is 13.8 Å². The SMILES string of the molecule is CC(C)(O)C[C@]1(O)CC[C@@H]2[C@H]3CC=C4C[C@@H](O)CC[C@]4(C)[C@@H]3CC[C@@]21C. The fraction of sp³-hybridized carbons (Fsp3) is 0.913. The molecule has 4 rings (SSSR count). The molecule has 0 saturated heterocycles. The zero-order valence-corrected chi connectivity index (χ0v) is 17.1. The van der Waals surface area contributed by atoms with Crippen molar-refractivity contribution in [2.75, 3.05) is 0 Å². The minimum Gasteiger partial charge on any atom is -0.393 e. The molecule has 0 aromatic heterocycles. The van der Waals surface area contributed by atoms with Gasteiger partial charge in [-0.25, -0.2) is 0 Å². The van der Waals surface area contributed by atoms with Gasteiger partial charge in [-0.15, -0.1) is 0 Å². The summed E-state index contributed by atoms with van der Waals surface area (Å²) >= 11 is 0. The minimum absolute atomic E-state index is 0.0793. The van der Waals surface area contributed by atoms with E-state index in [2.05, 4.69) is 19.9 Å². The lowest BCUT2D eigenvalue weighted by Gasteiger charge is -2.59. The Balaban J connectivity index is 1.64. The van der Waals surface area contributed by atoms with E-state index in [1.165, 1.54) is 12.0 Å². The molecular formula is C23H38O3. The van der Waals surface area contributed by atoms with E-state index in [1.54, 1.807) is 0 Å². The van der Waals surface area contributed by atoms with Gasteiger partial charge >= 0.3 is 0 Å². The maximum absolute atomic E-state index is 11.6. The number of hydrogen-bond acceptors (Lipinski definition) is 3. The zero-order chi connectivity index (χ0) is 19.0. The van der Waals surface area contributed by atoms with E-state index in [0.717, 1.165) is 44.9 Å². The summed E-state index contributed by atoms with van der Waals surface area (Å²) in [5.74, 6) is 1.89. The molecule has 3 N–H and O–H groups in total. The maximum atomic E-state index is 11.6. The summed E-state index contributed by atoms with van der Waals surface area (Å²) in [4.78, 5) is 0. The first kappa shape index (κ1) is 19.0. The van der Waals surface area contributed by atoms with Crippen LogP contribution in [0.5, 0.6) is 0 Å². The fourth-order valence-corrected chi connectivity index (χ4v) is 7.76. The first-order valence-electron chi connectivity index (χ1n) is 10.8. The molecule has 3 saturated carbocycles. The Morgan fingerprint density at radius 1 is 1.08 bits per heavy atom.